The van der Waals surface area contributed by atoms with Gasteiger partial charge in [0.2, 0.25) is 5.91 Å². The smallest absolute Gasteiger partial charge is 0.254 e. The van der Waals surface area contributed by atoms with E-state index in [-0.39, 0.29) is 11.8 Å². The first-order valence-corrected chi connectivity index (χ1v) is 9.09. The van der Waals surface area contributed by atoms with E-state index in [1.54, 1.807) is 25.4 Å². The number of carbonyl (C=O) groups is 2. The lowest BCUT2D eigenvalue weighted by molar-refractivity contribution is -0.123. The van der Waals surface area contributed by atoms with Crippen LogP contribution < -0.4 is 5.32 Å². The molecule has 2 atom stereocenters. The van der Waals surface area contributed by atoms with Crippen LogP contribution >= 0.6 is 11.6 Å². The van der Waals surface area contributed by atoms with Gasteiger partial charge in [-0.2, -0.15) is 0 Å². The number of methoxy groups -OCH3 is 1. The van der Waals surface area contributed by atoms with Gasteiger partial charge in [-0.1, -0.05) is 24.9 Å². The highest BCUT2D eigenvalue weighted by molar-refractivity contribution is 6.29. The van der Waals surface area contributed by atoms with Crippen LogP contribution in [-0.2, 0) is 9.53 Å². The van der Waals surface area contributed by atoms with Crippen LogP contribution in [0.5, 0.6) is 0 Å². The van der Waals surface area contributed by atoms with Crippen molar-refractivity contribution in [3.05, 3.63) is 29.0 Å². The lowest BCUT2D eigenvalue weighted by Crippen LogP contribution is -2.45. The fraction of sp³-hybridized carbons (Fsp3) is 0.611. The molecule has 0 spiro atoms. The van der Waals surface area contributed by atoms with Crippen molar-refractivity contribution >= 4 is 23.4 Å². The highest BCUT2D eigenvalue weighted by atomic mass is 35.5. The Bertz CT molecular complexity index is 597. The Labute approximate surface area is 153 Å². The number of amides is 2. The zero-order valence-corrected chi connectivity index (χ0v) is 15.6. The lowest BCUT2D eigenvalue weighted by Gasteiger charge is -2.38. The summed E-state index contributed by atoms with van der Waals surface area (Å²) in [5.74, 6) is 0.660. The van der Waals surface area contributed by atoms with E-state index in [1.807, 2.05) is 4.90 Å². The highest BCUT2D eigenvalue weighted by Crippen LogP contribution is 2.29. The number of hydrogen-bond acceptors (Lipinski definition) is 4. The number of piperidine rings is 1. The van der Waals surface area contributed by atoms with E-state index >= 15 is 0 Å². The van der Waals surface area contributed by atoms with Crippen molar-refractivity contribution in [1.29, 1.82) is 0 Å². The maximum atomic E-state index is 12.7. The molecule has 2 amide bonds. The third-order valence-corrected chi connectivity index (χ3v) is 4.96. The van der Waals surface area contributed by atoms with Crippen molar-refractivity contribution in [3.63, 3.8) is 0 Å². The van der Waals surface area contributed by atoms with E-state index in [2.05, 4.69) is 17.2 Å². The molecule has 2 heterocycles. The predicted octanol–water partition coefficient (Wildman–Crippen LogP) is 2.38. The Hall–Kier alpha value is -1.66. The Morgan fingerprint density at radius 1 is 1.44 bits per heavy atom. The third-order valence-electron chi connectivity index (χ3n) is 4.75. The average molecular weight is 368 g/mol. The molecule has 6 nitrogen and oxygen atoms in total. The number of carbonyl (C=O) groups excluding carboxylic acids is 2. The van der Waals surface area contributed by atoms with Gasteiger partial charge in [-0.15, -0.1) is 0 Å². The summed E-state index contributed by atoms with van der Waals surface area (Å²) in [4.78, 5) is 30.5. The summed E-state index contributed by atoms with van der Waals surface area (Å²) in [6, 6.07) is 3.28. The zero-order chi connectivity index (χ0) is 18.2. The van der Waals surface area contributed by atoms with Crippen LogP contribution in [0.3, 0.4) is 0 Å². The second-order valence-corrected chi connectivity index (χ2v) is 6.77. The van der Waals surface area contributed by atoms with Crippen LogP contribution in [0, 0.1) is 11.8 Å². The normalized spacial score (nSPS) is 20.4. The number of nitrogens with zero attached hydrogens (tertiary/aromatic N) is 2. The van der Waals surface area contributed by atoms with Crippen molar-refractivity contribution in [3.8, 4) is 0 Å². The largest absolute Gasteiger partial charge is 0.383 e. The molecule has 25 heavy (non-hydrogen) atoms. The molecule has 0 aliphatic carbocycles. The monoisotopic (exact) mass is 367 g/mol. The SMILES string of the molecule is CC[C@H]1CN(C(=O)c2ccnc(Cl)c2)CC[C@H]1CC(=O)NCCOC. The van der Waals surface area contributed by atoms with E-state index in [0.29, 0.717) is 55.2 Å². The number of rotatable bonds is 7. The molecule has 0 radical (unpaired) electrons. The van der Waals surface area contributed by atoms with Gasteiger partial charge in [-0.3, -0.25) is 9.59 Å². The Kier molecular flexibility index (Phi) is 7.65. The Balaban J connectivity index is 1.92. The van der Waals surface area contributed by atoms with Crippen LogP contribution in [0.25, 0.3) is 0 Å². The molecule has 1 aromatic rings. The van der Waals surface area contributed by atoms with Gasteiger partial charge in [-0.25, -0.2) is 4.98 Å². The molecule has 1 aromatic heterocycles. The predicted molar refractivity (Wildman–Crippen MR) is 96.5 cm³/mol. The van der Waals surface area contributed by atoms with Gasteiger partial charge >= 0.3 is 0 Å². The first-order valence-electron chi connectivity index (χ1n) is 8.71. The first-order chi connectivity index (χ1) is 12.0. The summed E-state index contributed by atoms with van der Waals surface area (Å²) in [6.45, 7) is 4.49. The molecule has 0 aromatic carbocycles. The highest BCUT2D eigenvalue weighted by Gasteiger charge is 2.32. The fourth-order valence-electron chi connectivity index (χ4n) is 3.32. The molecule has 1 saturated heterocycles. The quantitative estimate of drug-likeness (QED) is 0.593. The molecule has 0 bridgehead atoms. The summed E-state index contributed by atoms with van der Waals surface area (Å²) in [7, 11) is 1.61. The molecule has 138 valence electrons. The topological polar surface area (TPSA) is 71.5 Å². The third kappa shape index (κ3) is 5.68. The van der Waals surface area contributed by atoms with E-state index in [1.165, 1.54) is 0 Å². The summed E-state index contributed by atoms with van der Waals surface area (Å²) < 4.78 is 4.94. The first kappa shape index (κ1) is 19.7. The second kappa shape index (κ2) is 9.73. The van der Waals surface area contributed by atoms with E-state index in [4.69, 9.17) is 16.3 Å². The van der Waals surface area contributed by atoms with E-state index in [0.717, 1.165) is 12.8 Å². The number of pyridine rings is 1. The molecular weight excluding hydrogens is 342 g/mol. The van der Waals surface area contributed by atoms with Gasteiger partial charge in [0.1, 0.15) is 5.15 Å². The summed E-state index contributed by atoms with van der Waals surface area (Å²) >= 11 is 5.88. The van der Waals surface area contributed by atoms with Crippen LogP contribution in [0.1, 0.15) is 36.5 Å². The van der Waals surface area contributed by atoms with Crippen LogP contribution in [-0.4, -0.2) is 55.0 Å². The van der Waals surface area contributed by atoms with Gasteiger partial charge in [0.25, 0.3) is 5.91 Å². The summed E-state index contributed by atoms with van der Waals surface area (Å²) in [6.07, 6.45) is 3.83. The number of hydrogen-bond donors (Lipinski definition) is 1. The summed E-state index contributed by atoms with van der Waals surface area (Å²) in [5.41, 5.74) is 0.561. The molecule has 1 fully saturated rings. The van der Waals surface area contributed by atoms with Gasteiger partial charge in [0.15, 0.2) is 0 Å². The van der Waals surface area contributed by atoms with Gasteiger partial charge in [-0.05, 0) is 30.4 Å². The minimum absolute atomic E-state index is 0.0225. The molecule has 7 heteroatoms. The van der Waals surface area contributed by atoms with E-state index in [9.17, 15) is 9.59 Å². The average Bonchev–Trinajstić information content (AvgIpc) is 2.61. The second-order valence-electron chi connectivity index (χ2n) is 6.38. The molecule has 0 saturated carbocycles. The van der Waals surface area contributed by atoms with Crippen molar-refractivity contribution in [1.82, 2.24) is 15.2 Å². The Morgan fingerprint density at radius 3 is 2.92 bits per heavy atom. The van der Waals surface area contributed by atoms with Gasteiger partial charge in [0.05, 0.1) is 6.61 Å². The number of likely N-dealkylation sites (tertiary alicyclic amines) is 1. The number of halogens is 1. The number of aromatic nitrogens is 1. The molecule has 1 aliphatic rings. The zero-order valence-electron chi connectivity index (χ0n) is 14.8. The van der Waals surface area contributed by atoms with Crippen LogP contribution in [0.4, 0.5) is 0 Å². The maximum Gasteiger partial charge on any atom is 0.254 e. The van der Waals surface area contributed by atoms with Crippen molar-refractivity contribution < 1.29 is 14.3 Å². The minimum atomic E-state index is -0.0225. The minimum Gasteiger partial charge on any atom is -0.383 e. The maximum absolute atomic E-state index is 12.7. The molecular formula is C18H26ClN3O3. The Morgan fingerprint density at radius 2 is 2.24 bits per heavy atom. The van der Waals surface area contributed by atoms with Crippen molar-refractivity contribution in [2.45, 2.75) is 26.2 Å². The van der Waals surface area contributed by atoms with Gasteiger partial charge < -0.3 is 15.0 Å². The summed E-state index contributed by atoms with van der Waals surface area (Å²) in [5, 5.41) is 3.20. The van der Waals surface area contributed by atoms with E-state index < -0.39 is 0 Å². The van der Waals surface area contributed by atoms with Crippen molar-refractivity contribution in [2.75, 3.05) is 33.4 Å². The molecule has 1 N–H and O–H groups in total. The van der Waals surface area contributed by atoms with Crippen LogP contribution in [0.15, 0.2) is 18.3 Å². The standard InChI is InChI=1S/C18H26ClN3O3/c1-3-13-12-22(18(24)15-4-6-20-16(19)10-15)8-5-14(13)11-17(23)21-7-9-25-2/h4,6,10,13-14H,3,5,7-9,11-12H2,1-2H3,(H,21,23)/t13-,14-/m0/s1. The van der Waals surface area contributed by atoms with Crippen LogP contribution in [0.2, 0.25) is 5.15 Å². The number of ether oxygens (including phenoxy) is 1. The molecule has 2 rings (SSSR count). The van der Waals surface area contributed by atoms with Crippen molar-refractivity contribution in [2.24, 2.45) is 11.8 Å². The van der Waals surface area contributed by atoms with Gasteiger partial charge in [0, 0.05) is 44.9 Å². The molecule has 0 unspecified atom stereocenters. The number of nitrogens with one attached hydrogen (secondary N) is 1. The fourth-order valence-corrected chi connectivity index (χ4v) is 3.49. The lowest BCUT2D eigenvalue weighted by atomic mass is 9.81. The molecule has 1 aliphatic heterocycles.